The Hall–Kier alpha value is -4.20. The van der Waals surface area contributed by atoms with Crippen molar-refractivity contribution < 1.29 is 37.3 Å². The molecule has 12 nitrogen and oxygen atoms in total. The van der Waals surface area contributed by atoms with E-state index in [-0.39, 0.29) is 54.3 Å². The minimum absolute atomic E-state index is 0.0197. The third-order valence-corrected chi connectivity index (χ3v) is 9.12. The topological polar surface area (TPSA) is 147 Å². The number of urea groups is 1. The number of nitrogens with zero attached hydrogens (tertiary/aromatic N) is 2. The summed E-state index contributed by atoms with van der Waals surface area (Å²) in [6.45, 7) is 3.73. The van der Waals surface area contributed by atoms with Crippen LogP contribution in [0.4, 0.5) is 16.2 Å². The molecule has 5 rings (SSSR count). The van der Waals surface area contributed by atoms with Crippen LogP contribution in [0.1, 0.15) is 24.2 Å². The monoisotopic (exact) mass is 644 g/mol. The van der Waals surface area contributed by atoms with Gasteiger partial charge in [0.2, 0.25) is 6.79 Å². The van der Waals surface area contributed by atoms with E-state index in [0.29, 0.717) is 22.2 Å². The molecule has 0 spiro atoms. The summed E-state index contributed by atoms with van der Waals surface area (Å²) in [6.07, 6.45) is -0.677. The second-order valence-electron chi connectivity index (χ2n) is 10.7. The number of nitrogens with one attached hydrogen (secondary N) is 2. The summed E-state index contributed by atoms with van der Waals surface area (Å²) in [4.78, 5) is 29.9. The van der Waals surface area contributed by atoms with Crippen molar-refractivity contribution in [2.75, 3.05) is 43.6 Å². The van der Waals surface area contributed by atoms with E-state index < -0.39 is 34.1 Å². The van der Waals surface area contributed by atoms with E-state index in [0.717, 1.165) is 0 Å². The van der Waals surface area contributed by atoms with Gasteiger partial charge in [-0.25, -0.2) is 13.2 Å². The summed E-state index contributed by atoms with van der Waals surface area (Å²) < 4.78 is 46.3. The Morgan fingerprint density at radius 2 is 1.86 bits per heavy atom. The molecule has 44 heavy (non-hydrogen) atoms. The Balaban J connectivity index is 1.44. The van der Waals surface area contributed by atoms with Crippen molar-refractivity contribution in [2.45, 2.75) is 30.9 Å². The van der Waals surface area contributed by atoms with Crippen LogP contribution >= 0.6 is 11.6 Å². The van der Waals surface area contributed by atoms with E-state index in [9.17, 15) is 23.1 Å². The summed E-state index contributed by atoms with van der Waals surface area (Å²) in [6, 6.07) is 14.4. The second-order valence-corrected chi connectivity index (χ2v) is 12.9. The number of anilines is 2. The zero-order valence-corrected chi connectivity index (χ0v) is 25.9. The number of likely N-dealkylation sites (N-methyl/N-ethyl adjacent to an activating group) is 1. The highest BCUT2D eigenvalue weighted by atomic mass is 35.5. The van der Waals surface area contributed by atoms with Gasteiger partial charge in [0, 0.05) is 36.3 Å². The van der Waals surface area contributed by atoms with Crippen molar-refractivity contribution in [3.63, 3.8) is 0 Å². The van der Waals surface area contributed by atoms with Crippen molar-refractivity contribution in [1.29, 1.82) is 0 Å². The largest absolute Gasteiger partial charge is 0.485 e. The number of amides is 3. The van der Waals surface area contributed by atoms with Gasteiger partial charge in [0.15, 0.2) is 17.2 Å². The molecular weight excluding hydrogens is 612 g/mol. The number of aliphatic hydroxyl groups excluding tert-OH is 1. The maximum absolute atomic E-state index is 13.7. The molecule has 0 unspecified atom stereocenters. The summed E-state index contributed by atoms with van der Waals surface area (Å²) in [5.74, 6) is 0.378. The van der Waals surface area contributed by atoms with Gasteiger partial charge in [0.05, 0.1) is 35.3 Å². The number of ether oxygens (including phenoxy) is 3. The van der Waals surface area contributed by atoms with Gasteiger partial charge in [-0.05, 0) is 55.5 Å². The number of halogens is 1. The summed E-state index contributed by atoms with van der Waals surface area (Å²) in [7, 11) is -2.49. The zero-order valence-electron chi connectivity index (χ0n) is 24.3. The normalized spacial score (nSPS) is 18.4. The Morgan fingerprint density at radius 3 is 2.59 bits per heavy atom. The molecule has 3 atom stereocenters. The number of benzene rings is 3. The molecule has 0 saturated carbocycles. The Kier molecular flexibility index (Phi) is 9.09. The SMILES string of the molecule is C[C@H](CO)N1C[C@H](C)[C@H](CN(C)C(=O)Nc2ccc3c(c2)OCO3)Oc2c(NS(=O)(=O)c3ccc(Cl)cc3)cccc2C1=O. The lowest BCUT2D eigenvalue weighted by atomic mass is 9.99. The fourth-order valence-corrected chi connectivity index (χ4v) is 6.09. The number of carbonyl (C=O) groups excluding carboxylic acids is 2. The highest BCUT2D eigenvalue weighted by Crippen LogP contribution is 2.37. The average Bonchev–Trinajstić information content (AvgIpc) is 3.47. The summed E-state index contributed by atoms with van der Waals surface area (Å²) in [5.41, 5.74) is 0.676. The lowest BCUT2D eigenvalue weighted by Crippen LogP contribution is -2.50. The minimum atomic E-state index is -4.09. The first-order valence-corrected chi connectivity index (χ1v) is 15.7. The van der Waals surface area contributed by atoms with Crippen molar-refractivity contribution in [3.8, 4) is 17.2 Å². The van der Waals surface area contributed by atoms with Crippen molar-refractivity contribution >= 4 is 44.9 Å². The number of sulfonamides is 1. The van der Waals surface area contributed by atoms with Crippen molar-refractivity contribution in [2.24, 2.45) is 5.92 Å². The molecular formula is C30H33ClN4O8S. The lowest BCUT2D eigenvalue weighted by Gasteiger charge is -2.38. The maximum atomic E-state index is 13.7. The molecule has 2 aliphatic heterocycles. The van der Waals surface area contributed by atoms with Gasteiger partial charge in [-0.3, -0.25) is 9.52 Å². The predicted molar refractivity (Wildman–Crippen MR) is 164 cm³/mol. The number of hydrogen-bond donors (Lipinski definition) is 3. The molecule has 234 valence electrons. The molecule has 3 N–H and O–H groups in total. The molecule has 0 saturated heterocycles. The molecule has 0 aliphatic carbocycles. The fourth-order valence-electron chi connectivity index (χ4n) is 4.91. The summed E-state index contributed by atoms with van der Waals surface area (Å²) >= 11 is 5.94. The van der Waals surface area contributed by atoms with Crippen LogP contribution in [0.5, 0.6) is 17.2 Å². The smallest absolute Gasteiger partial charge is 0.321 e. The number of aliphatic hydroxyl groups is 1. The molecule has 0 bridgehead atoms. The van der Waals surface area contributed by atoms with Gasteiger partial charge in [0.25, 0.3) is 15.9 Å². The van der Waals surface area contributed by atoms with Gasteiger partial charge >= 0.3 is 6.03 Å². The van der Waals surface area contributed by atoms with Gasteiger partial charge in [0.1, 0.15) is 6.10 Å². The van der Waals surface area contributed by atoms with E-state index in [1.807, 2.05) is 6.92 Å². The third kappa shape index (κ3) is 6.64. The standard InChI is InChI=1S/C30H33ClN4O8S/c1-18-14-35(19(2)16-36)29(37)23-5-4-6-24(33-44(39,40)22-10-7-20(31)8-11-22)28(23)43-27(18)15-34(3)30(38)32-21-9-12-25-26(13-21)42-17-41-25/h4-13,18-19,27,33,36H,14-17H2,1-3H3,(H,32,38)/t18-,19+,27-/m0/s1. The average molecular weight is 645 g/mol. The van der Waals surface area contributed by atoms with Gasteiger partial charge in [-0.15, -0.1) is 0 Å². The van der Waals surface area contributed by atoms with Crippen LogP contribution in [0.15, 0.2) is 65.6 Å². The van der Waals surface area contributed by atoms with Gasteiger partial charge in [-0.1, -0.05) is 24.6 Å². The quantitative estimate of drug-likeness (QED) is 0.330. The number of carbonyl (C=O) groups is 2. The second kappa shape index (κ2) is 12.8. The van der Waals surface area contributed by atoms with Crippen LogP contribution in [-0.2, 0) is 10.0 Å². The maximum Gasteiger partial charge on any atom is 0.321 e. The summed E-state index contributed by atoms with van der Waals surface area (Å²) in [5, 5.41) is 13.1. The molecule has 2 aliphatic rings. The van der Waals surface area contributed by atoms with Crippen molar-refractivity contribution in [3.05, 3.63) is 71.2 Å². The minimum Gasteiger partial charge on any atom is -0.485 e. The number of para-hydroxylation sites is 1. The van der Waals surface area contributed by atoms with Crippen LogP contribution < -0.4 is 24.2 Å². The Bertz CT molecular complexity index is 1650. The molecule has 0 radical (unpaired) electrons. The number of rotatable bonds is 8. The van der Waals surface area contributed by atoms with E-state index in [2.05, 4.69) is 10.0 Å². The Labute approximate surface area is 260 Å². The van der Waals surface area contributed by atoms with E-state index in [1.54, 1.807) is 38.2 Å². The number of fused-ring (bicyclic) bond motifs is 2. The first kappa shape index (κ1) is 31.2. The predicted octanol–water partition coefficient (Wildman–Crippen LogP) is 4.25. The molecule has 3 aromatic carbocycles. The zero-order chi connectivity index (χ0) is 31.6. The first-order chi connectivity index (χ1) is 21.0. The van der Waals surface area contributed by atoms with Crippen molar-refractivity contribution in [1.82, 2.24) is 9.80 Å². The molecule has 14 heteroatoms. The van der Waals surface area contributed by atoms with E-state index in [1.165, 1.54) is 46.2 Å². The van der Waals surface area contributed by atoms with Crippen LogP contribution in [0.3, 0.4) is 0 Å². The van der Waals surface area contributed by atoms with E-state index >= 15 is 0 Å². The fraction of sp³-hybridized carbons (Fsp3) is 0.333. The third-order valence-electron chi connectivity index (χ3n) is 7.48. The van der Waals surface area contributed by atoms with Crippen LogP contribution in [0, 0.1) is 5.92 Å². The number of hydrogen-bond acceptors (Lipinski definition) is 8. The highest BCUT2D eigenvalue weighted by molar-refractivity contribution is 7.92. The lowest BCUT2D eigenvalue weighted by molar-refractivity contribution is 0.0373. The Morgan fingerprint density at radius 1 is 1.14 bits per heavy atom. The van der Waals surface area contributed by atoms with Crippen LogP contribution in [0.2, 0.25) is 5.02 Å². The van der Waals surface area contributed by atoms with Crippen LogP contribution in [-0.4, -0.2) is 80.9 Å². The van der Waals surface area contributed by atoms with E-state index in [4.69, 9.17) is 25.8 Å². The highest BCUT2D eigenvalue weighted by Gasteiger charge is 2.35. The molecule has 0 aromatic heterocycles. The molecule has 3 amide bonds. The molecule has 0 fully saturated rings. The van der Waals surface area contributed by atoms with Crippen LogP contribution in [0.25, 0.3) is 0 Å². The molecule has 3 aromatic rings. The van der Waals surface area contributed by atoms with Gasteiger partial charge in [-0.2, -0.15) is 0 Å². The first-order valence-electron chi connectivity index (χ1n) is 13.9. The van der Waals surface area contributed by atoms with Gasteiger partial charge < -0.3 is 34.4 Å². The molecule has 2 heterocycles.